The maximum atomic E-state index is 9.04. The van der Waals surface area contributed by atoms with Crippen LogP contribution in [0.3, 0.4) is 0 Å². The van der Waals surface area contributed by atoms with Crippen molar-refractivity contribution in [3.05, 3.63) is 47.2 Å². The van der Waals surface area contributed by atoms with Crippen LogP contribution in [0.4, 0.5) is 11.4 Å². The van der Waals surface area contributed by atoms with Crippen LogP contribution in [0.5, 0.6) is 5.88 Å². The second kappa shape index (κ2) is 7.44. The predicted octanol–water partition coefficient (Wildman–Crippen LogP) is 4.17. The van der Waals surface area contributed by atoms with Gasteiger partial charge in [-0.1, -0.05) is 12.1 Å². The van der Waals surface area contributed by atoms with Gasteiger partial charge in [-0.25, -0.2) is 4.98 Å². The number of hydrogen-bond acceptors (Lipinski definition) is 4. The van der Waals surface area contributed by atoms with Gasteiger partial charge < -0.3 is 15.2 Å². The van der Waals surface area contributed by atoms with Crippen LogP contribution in [0.2, 0.25) is 0 Å². The van der Waals surface area contributed by atoms with E-state index in [2.05, 4.69) is 35.6 Å². The average molecular weight is 338 g/mol. The van der Waals surface area contributed by atoms with Gasteiger partial charge in [0.2, 0.25) is 5.88 Å². The molecule has 2 aliphatic carbocycles. The molecular weight excluding hydrogens is 312 g/mol. The molecule has 1 heterocycles. The molecule has 1 saturated carbocycles. The van der Waals surface area contributed by atoms with Gasteiger partial charge in [-0.15, -0.1) is 0 Å². The highest BCUT2D eigenvalue weighted by Gasteiger charge is 2.22. The minimum Gasteiger partial charge on any atom is -0.474 e. The maximum Gasteiger partial charge on any atom is 0.215 e. The number of benzene rings is 1. The molecule has 132 valence electrons. The number of fused-ring (bicyclic) bond motifs is 1. The number of anilines is 2. The fraction of sp³-hybridized carbons (Fsp3) is 0.476. The summed E-state index contributed by atoms with van der Waals surface area (Å²) in [4.78, 5) is 4.77. The van der Waals surface area contributed by atoms with Crippen molar-refractivity contribution in [3.8, 4) is 5.88 Å². The number of hydrogen-bond donors (Lipinski definition) is 2. The van der Waals surface area contributed by atoms with Gasteiger partial charge >= 0.3 is 0 Å². The van der Waals surface area contributed by atoms with Gasteiger partial charge in [0, 0.05) is 29.7 Å². The van der Waals surface area contributed by atoms with E-state index in [1.807, 2.05) is 0 Å². The van der Waals surface area contributed by atoms with Crippen molar-refractivity contribution >= 4 is 11.4 Å². The molecule has 0 aliphatic heterocycles. The van der Waals surface area contributed by atoms with Gasteiger partial charge in [0.25, 0.3) is 0 Å². The van der Waals surface area contributed by atoms with E-state index >= 15 is 0 Å². The molecule has 0 spiro atoms. The van der Waals surface area contributed by atoms with E-state index in [0.29, 0.717) is 12.5 Å². The van der Waals surface area contributed by atoms with Gasteiger partial charge in [-0.05, 0) is 74.6 Å². The number of nitrogens with zero attached hydrogens (tertiary/aromatic N) is 1. The van der Waals surface area contributed by atoms with Crippen molar-refractivity contribution < 1.29 is 9.84 Å². The molecule has 4 heteroatoms. The number of aromatic nitrogens is 1. The molecule has 0 radical (unpaired) electrons. The predicted molar refractivity (Wildman–Crippen MR) is 99.7 cm³/mol. The lowest BCUT2D eigenvalue weighted by Gasteiger charge is -2.17. The molecule has 25 heavy (non-hydrogen) atoms. The molecule has 0 atom stereocenters. The second-order valence-corrected chi connectivity index (χ2v) is 7.11. The third-order valence-corrected chi connectivity index (χ3v) is 5.25. The molecule has 0 bridgehead atoms. The van der Waals surface area contributed by atoms with Crippen LogP contribution in [0, 0.1) is 0 Å². The molecule has 4 rings (SSSR count). The first-order chi connectivity index (χ1) is 12.3. The number of rotatable bonds is 6. The minimum atomic E-state index is 0.187. The van der Waals surface area contributed by atoms with E-state index in [0.717, 1.165) is 48.5 Å². The molecule has 1 fully saturated rings. The summed E-state index contributed by atoms with van der Waals surface area (Å²) in [5, 5.41) is 12.6. The van der Waals surface area contributed by atoms with E-state index in [1.165, 1.54) is 30.5 Å². The summed E-state index contributed by atoms with van der Waals surface area (Å²) in [6.45, 7) is 0.187. The van der Waals surface area contributed by atoms with Gasteiger partial charge in [-0.3, -0.25) is 0 Å². The van der Waals surface area contributed by atoms with E-state index in [9.17, 15) is 0 Å². The first-order valence-corrected chi connectivity index (χ1v) is 9.48. The maximum absolute atomic E-state index is 9.04. The lowest BCUT2D eigenvalue weighted by Crippen LogP contribution is -2.13. The number of aryl methyl sites for hydroxylation is 1. The lowest BCUT2D eigenvalue weighted by atomic mass is 10.1. The quantitative estimate of drug-likeness (QED) is 0.830. The number of nitrogens with one attached hydrogen (secondary N) is 1. The van der Waals surface area contributed by atoms with Gasteiger partial charge in [-0.2, -0.15) is 0 Å². The molecule has 0 saturated heterocycles. The van der Waals surface area contributed by atoms with E-state index in [1.54, 1.807) is 0 Å². The Morgan fingerprint density at radius 3 is 2.64 bits per heavy atom. The molecule has 1 aromatic heterocycles. The molecule has 2 aliphatic rings. The fourth-order valence-corrected chi connectivity index (χ4v) is 3.91. The SMILES string of the molecule is OCCc1ccc(Nc2cc(OC3CCCC3)nc3c2CCC3)cc1. The number of pyridine rings is 1. The molecule has 4 nitrogen and oxygen atoms in total. The molecular formula is C21H26N2O2. The molecule has 2 N–H and O–H groups in total. The lowest BCUT2D eigenvalue weighted by molar-refractivity contribution is 0.201. The Morgan fingerprint density at radius 1 is 1.08 bits per heavy atom. The summed E-state index contributed by atoms with van der Waals surface area (Å²) >= 11 is 0. The number of ether oxygens (including phenoxy) is 1. The van der Waals surface area contributed by atoms with E-state index < -0.39 is 0 Å². The topological polar surface area (TPSA) is 54.4 Å². The monoisotopic (exact) mass is 338 g/mol. The summed E-state index contributed by atoms with van der Waals surface area (Å²) in [5.74, 6) is 0.770. The highest BCUT2D eigenvalue weighted by atomic mass is 16.5. The second-order valence-electron chi connectivity index (χ2n) is 7.11. The number of aliphatic hydroxyl groups is 1. The van der Waals surface area contributed by atoms with Crippen molar-refractivity contribution in [1.29, 1.82) is 0 Å². The zero-order chi connectivity index (χ0) is 17.1. The van der Waals surface area contributed by atoms with Gasteiger partial charge in [0.05, 0.1) is 0 Å². The van der Waals surface area contributed by atoms with Crippen molar-refractivity contribution in [2.24, 2.45) is 0 Å². The van der Waals surface area contributed by atoms with Crippen molar-refractivity contribution in [2.45, 2.75) is 57.5 Å². The Hall–Kier alpha value is -2.07. The van der Waals surface area contributed by atoms with Crippen LogP contribution < -0.4 is 10.1 Å². The Balaban J connectivity index is 1.56. The van der Waals surface area contributed by atoms with Crippen LogP contribution in [0.1, 0.15) is 48.9 Å². The average Bonchev–Trinajstić information content (AvgIpc) is 3.28. The normalized spacial score (nSPS) is 16.8. The fourth-order valence-electron chi connectivity index (χ4n) is 3.91. The summed E-state index contributed by atoms with van der Waals surface area (Å²) in [5.41, 5.74) is 5.87. The highest BCUT2D eigenvalue weighted by Crippen LogP contribution is 2.34. The molecule has 1 aromatic carbocycles. The smallest absolute Gasteiger partial charge is 0.215 e. The van der Waals surface area contributed by atoms with E-state index in [4.69, 9.17) is 14.8 Å². The Kier molecular flexibility index (Phi) is 4.88. The van der Waals surface area contributed by atoms with Crippen molar-refractivity contribution in [2.75, 3.05) is 11.9 Å². The van der Waals surface area contributed by atoms with Crippen LogP contribution in [0.25, 0.3) is 0 Å². The highest BCUT2D eigenvalue weighted by molar-refractivity contribution is 5.66. The first kappa shape index (κ1) is 16.4. The third-order valence-electron chi connectivity index (χ3n) is 5.25. The largest absolute Gasteiger partial charge is 0.474 e. The zero-order valence-corrected chi connectivity index (χ0v) is 14.6. The van der Waals surface area contributed by atoms with Crippen molar-refractivity contribution in [3.63, 3.8) is 0 Å². The van der Waals surface area contributed by atoms with Crippen LogP contribution in [-0.4, -0.2) is 22.8 Å². The van der Waals surface area contributed by atoms with Crippen molar-refractivity contribution in [1.82, 2.24) is 4.98 Å². The number of aliphatic hydroxyl groups excluding tert-OH is 1. The first-order valence-electron chi connectivity index (χ1n) is 9.48. The summed E-state index contributed by atoms with van der Waals surface area (Å²) in [6, 6.07) is 10.4. The van der Waals surface area contributed by atoms with E-state index in [-0.39, 0.29) is 6.61 Å². The van der Waals surface area contributed by atoms with Gasteiger partial charge in [0.15, 0.2) is 0 Å². The third kappa shape index (κ3) is 3.79. The zero-order valence-electron chi connectivity index (χ0n) is 14.6. The van der Waals surface area contributed by atoms with Crippen LogP contribution >= 0.6 is 0 Å². The molecule has 2 aromatic rings. The van der Waals surface area contributed by atoms with Crippen LogP contribution in [-0.2, 0) is 19.3 Å². The van der Waals surface area contributed by atoms with Crippen LogP contribution in [0.15, 0.2) is 30.3 Å². The summed E-state index contributed by atoms with van der Waals surface area (Å²) in [7, 11) is 0. The summed E-state index contributed by atoms with van der Waals surface area (Å²) in [6.07, 6.45) is 9.14. The Morgan fingerprint density at radius 2 is 1.88 bits per heavy atom. The standard InChI is InChI=1S/C21H26N2O2/c24-13-12-15-8-10-16(11-9-15)22-20-14-21(25-17-4-1-2-5-17)23-19-7-3-6-18(19)20/h8-11,14,17,24H,1-7,12-13H2,(H,22,23). The van der Waals surface area contributed by atoms with Gasteiger partial charge in [0.1, 0.15) is 6.10 Å². The molecule has 0 amide bonds. The molecule has 0 unspecified atom stereocenters. The summed E-state index contributed by atoms with van der Waals surface area (Å²) < 4.78 is 6.15. The Bertz CT molecular complexity index is 721. The minimum absolute atomic E-state index is 0.187. The Labute approximate surface area is 149 Å².